The van der Waals surface area contributed by atoms with Crippen molar-refractivity contribution in [2.75, 3.05) is 0 Å². The predicted molar refractivity (Wildman–Crippen MR) is 106 cm³/mol. The van der Waals surface area contributed by atoms with Crippen molar-refractivity contribution in [3.8, 4) is 11.5 Å². The molecule has 0 atom stereocenters. The molecule has 0 spiro atoms. The first kappa shape index (κ1) is 21.1. The number of carbonyl (C=O) groups excluding carboxylic acids is 2. The summed E-state index contributed by atoms with van der Waals surface area (Å²) in [7, 11) is 0. The zero-order chi connectivity index (χ0) is 20.0. The van der Waals surface area contributed by atoms with Crippen LogP contribution in [-0.4, -0.2) is 23.2 Å². The quantitative estimate of drug-likeness (QED) is 0.238. The van der Waals surface area contributed by atoms with Gasteiger partial charge in [-0.1, -0.05) is 31.0 Å². The first-order chi connectivity index (χ1) is 13.7. The van der Waals surface area contributed by atoms with Crippen LogP contribution in [0.15, 0.2) is 59.7 Å². The highest BCUT2D eigenvalue weighted by atomic mass is 16.5. The van der Waals surface area contributed by atoms with E-state index in [2.05, 4.69) is 10.5 Å². The number of hydrazone groups is 1. The van der Waals surface area contributed by atoms with E-state index in [1.165, 1.54) is 0 Å². The first-order valence-electron chi connectivity index (χ1n) is 9.25. The molecule has 0 aliphatic carbocycles. The van der Waals surface area contributed by atoms with Crippen LogP contribution in [-0.2, 0) is 9.59 Å². The van der Waals surface area contributed by atoms with Crippen LogP contribution in [0, 0.1) is 0 Å². The molecular weight excluding hydrogens is 358 g/mol. The van der Waals surface area contributed by atoms with Crippen molar-refractivity contribution in [1.82, 2.24) is 10.9 Å². The number of benzene rings is 2. The van der Waals surface area contributed by atoms with Crippen molar-refractivity contribution < 1.29 is 19.5 Å². The number of nitrogens with one attached hydrogen (secondary N) is 2. The van der Waals surface area contributed by atoms with Gasteiger partial charge in [-0.25, -0.2) is 10.9 Å². The SMILES string of the molecule is O=C(CCCCCCC(=O)N/N=C/c1ccc(Oc2ccccc2)cc1)NO. The van der Waals surface area contributed by atoms with E-state index in [9.17, 15) is 9.59 Å². The van der Waals surface area contributed by atoms with Crippen molar-refractivity contribution in [3.63, 3.8) is 0 Å². The van der Waals surface area contributed by atoms with Crippen molar-refractivity contribution in [1.29, 1.82) is 0 Å². The Bertz CT molecular complexity index is 761. The van der Waals surface area contributed by atoms with Gasteiger partial charge in [-0.15, -0.1) is 0 Å². The standard InChI is InChI=1S/C21H25N3O4/c25-20(10-6-1-2-7-11-21(26)24-27)23-22-16-17-12-14-19(15-13-17)28-18-8-4-3-5-9-18/h3-5,8-9,12-16,27H,1-2,6-7,10-11H2,(H,23,25)(H,24,26)/b22-16+. The highest BCUT2D eigenvalue weighted by Gasteiger charge is 2.01. The number of hydrogen-bond donors (Lipinski definition) is 3. The summed E-state index contributed by atoms with van der Waals surface area (Å²) in [5.41, 5.74) is 4.95. The van der Waals surface area contributed by atoms with Gasteiger partial charge in [-0.2, -0.15) is 5.10 Å². The van der Waals surface area contributed by atoms with E-state index in [0.717, 1.165) is 36.3 Å². The molecule has 2 amide bonds. The van der Waals surface area contributed by atoms with Gasteiger partial charge in [-0.3, -0.25) is 14.8 Å². The van der Waals surface area contributed by atoms with Crippen LogP contribution >= 0.6 is 0 Å². The number of carbonyl (C=O) groups is 2. The molecule has 148 valence electrons. The molecule has 2 aromatic carbocycles. The normalized spacial score (nSPS) is 10.6. The van der Waals surface area contributed by atoms with E-state index in [1.54, 1.807) is 11.7 Å². The third-order valence-electron chi connectivity index (χ3n) is 3.94. The van der Waals surface area contributed by atoms with Crippen LogP contribution in [0.25, 0.3) is 0 Å². The van der Waals surface area contributed by atoms with E-state index in [0.29, 0.717) is 19.3 Å². The van der Waals surface area contributed by atoms with Crippen LogP contribution < -0.4 is 15.6 Å². The predicted octanol–water partition coefficient (Wildman–Crippen LogP) is 3.78. The number of ether oxygens (including phenoxy) is 1. The fourth-order valence-corrected chi connectivity index (χ4v) is 2.46. The molecule has 0 fully saturated rings. The van der Waals surface area contributed by atoms with Gasteiger partial charge < -0.3 is 4.74 Å². The molecule has 2 aromatic rings. The number of amides is 2. The largest absolute Gasteiger partial charge is 0.457 e. The fourth-order valence-electron chi connectivity index (χ4n) is 2.46. The minimum atomic E-state index is -0.383. The zero-order valence-corrected chi connectivity index (χ0v) is 15.6. The van der Waals surface area contributed by atoms with Crippen LogP contribution in [0.3, 0.4) is 0 Å². The summed E-state index contributed by atoms with van der Waals surface area (Å²) in [6.45, 7) is 0. The topological polar surface area (TPSA) is 100 Å². The van der Waals surface area contributed by atoms with Gasteiger partial charge in [-0.05, 0) is 54.8 Å². The molecule has 0 saturated heterocycles. The maximum absolute atomic E-state index is 11.7. The molecule has 7 nitrogen and oxygen atoms in total. The molecule has 7 heteroatoms. The van der Waals surface area contributed by atoms with Gasteiger partial charge in [0, 0.05) is 12.8 Å². The molecule has 0 aromatic heterocycles. The average Bonchev–Trinajstić information content (AvgIpc) is 2.72. The molecule has 0 heterocycles. The third kappa shape index (κ3) is 8.46. The molecular formula is C21H25N3O4. The summed E-state index contributed by atoms with van der Waals surface area (Å²) in [6.07, 6.45) is 5.36. The number of hydroxylamine groups is 1. The lowest BCUT2D eigenvalue weighted by Gasteiger charge is -2.05. The van der Waals surface area contributed by atoms with Crippen molar-refractivity contribution >= 4 is 18.0 Å². The number of rotatable bonds is 11. The lowest BCUT2D eigenvalue weighted by Crippen LogP contribution is -2.18. The zero-order valence-electron chi connectivity index (χ0n) is 15.6. The Balaban J connectivity index is 1.62. The highest BCUT2D eigenvalue weighted by Crippen LogP contribution is 2.20. The second kappa shape index (κ2) is 12.2. The smallest absolute Gasteiger partial charge is 0.243 e. The molecule has 0 bridgehead atoms. The first-order valence-corrected chi connectivity index (χ1v) is 9.25. The fraction of sp³-hybridized carbons (Fsp3) is 0.286. The van der Waals surface area contributed by atoms with Crippen molar-refractivity contribution in [2.24, 2.45) is 5.10 Å². The number of unbranched alkanes of at least 4 members (excludes halogenated alkanes) is 3. The van der Waals surface area contributed by atoms with Crippen LogP contribution in [0.1, 0.15) is 44.1 Å². The van der Waals surface area contributed by atoms with E-state index >= 15 is 0 Å². The molecule has 0 aliphatic rings. The maximum Gasteiger partial charge on any atom is 0.243 e. The molecule has 0 saturated carbocycles. The summed E-state index contributed by atoms with van der Waals surface area (Å²) in [5.74, 6) is 0.969. The van der Waals surface area contributed by atoms with Crippen molar-refractivity contribution in [2.45, 2.75) is 38.5 Å². The average molecular weight is 383 g/mol. The van der Waals surface area contributed by atoms with E-state index < -0.39 is 0 Å². The Hall–Kier alpha value is -3.19. The Morgan fingerprint density at radius 1 is 0.857 bits per heavy atom. The Labute approximate surface area is 164 Å². The van der Waals surface area contributed by atoms with Gasteiger partial charge in [0.1, 0.15) is 11.5 Å². The second-order valence-corrected chi connectivity index (χ2v) is 6.23. The lowest BCUT2D eigenvalue weighted by molar-refractivity contribution is -0.129. The molecule has 0 radical (unpaired) electrons. The maximum atomic E-state index is 11.7. The Kier molecular flexibility index (Phi) is 9.23. The summed E-state index contributed by atoms with van der Waals surface area (Å²) in [5, 5.41) is 12.3. The lowest BCUT2D eigenvalue weighted by atomic mass is 10.1. The number of hydrogen-bond acceptors (Lipinski definition) is 5. The Morgan fingerprint density at radius 2 is 1.46 bits per heavy atom. The molecule has 2 rings (SSSR count). The van der Waals surface area contributed by atoms with E-state index in [1.807, 2.05) is 54.6 Å². The summed E-state index contributed by atoms with van der Waals surface area (Å²) >= 11 is 0. The summed E-state index contributed by atoms with van der Waals surface area (Å²) in [6, 6.07) is 16.9. The molecule has 0 unspecified atom stereocenters. The highest BCUT2D eigenvalue weighted by molar-refractivity contribution is 5.82. The van der Waals surface area contributed by atoms with Crippen LogP contribution in [0.2, 0.25) is 0 Å². The summed E-state index contributed by atoms with van der Waals surface area (Å²) in [4.78, 5) is 22.6. The Morgan fingerprint density at radius 3 is 2.11 bits per heavy atom. The van der Waals surface area contributed by atoms with Crippen molar-refractivity contribution in [3.05, 3.63) is 60.2 Å². The minimum Gasteiger partial charge on any atom is -0.457 e. The van der Waals surface area contributed by atoms with Gasteiger partial charge >= 0.3 is 0 Å². The van der Waals surface area contributed by atoms with Crippen LogP contribution in [0.4, 0.5) is 0 Å². The summed E-state index contributed by atoms with van der Waals surface area (Å²) < 4.78 is 5.72. The molecule has 28 heavy (non-hydrogen) atoms. The second-order valence-electron chi connectivity index (χ2n) is 6.23. The van der Waals surface area contributed by atoms with E-state index in [4.69, 9.17) is 9.94 Å². The number of nitrogens with zero attached hydrogens (tertiary/aromatic N) is 1. The molecule has 0 aliphatic heterocycles. The number of para-hydroxylation sites is 1. The third-order valence-corrected chi connectivity index (χ3v) is 3.94. The van der Waals surface area contributed by atoms with E-state index in [-0.39, 0.29) is 11.8 Å². The monoisotopic (exact) mass is 383 g/mol. The van der Waals surface area contributed by atoms with Crippen LogP contribution in [0.5, 0.6) is 11.5 Å². The minimum absolute atomic E-state index is 0.145. The van der Waals surface area contributed by atoms with Gasteiger partial charge in [0.2, 0.25) is 11.8 Å². The van der Waals surface area contributed by atoms with Gasteiger partial charge in [0.15, 0.2) is 0 Å². The van der Waals surface area contributed by atoms with Gasteiger partial charge in [0.05, 0.1) is 6.21 Å². The molecule has 3 N–H and O–H groups in total. The van der Waals surface area contributed by atoms with Gasteiger partial charge in [0.25, 0.3) is 0 Å².